The average Bonchev–Trinajstić information content (AvgIpc) is 2.49. The van der Waals surface area contributed by atoms with E-state index in [0.29, 0.717) is 6.42 Å². The maximum atomic E-state index is 12.4. The fourth-order valence-electron chi connectivity index (χ4n) is 2.08. The summed E-state index contributed by atoms with van der Waals surface area (Å²) in [5.74, 6) is -0.485. The van der Waals surface area contributed by atoms with Crippen LogP contribution in [0.4, 0.5) is 4.79 Å². The van der Waals surface area contributed by atoms with Gasteiger partial charge < -0.3 is 9.47 Å². The zero-order valence-electron chi connectivity index (χ0n) is 14.2. The van der Waals surface area contributed by atoms with E-state index in [2.05, 4.69) is 6.58 Å². The maximum absolute atomic E-state index is 12.4. The van der Waals surface area contributed by atoms with E-state index in [1.54, 1.807) is 26.8 Å². The third-order valence-corrected chi connectivity index (χ3v) is 3.08. The summed E-state index contributed by atoms with van der Waals surface area (Å²) < 4.78 is 10.3. The van der Waals surface area contributed by atoms with Crippen LogP contribution in [-0.4, -0.2) is 42.3 Å². The van der Waals surface area contributed by atoms with Crippen molar-refractivity contribution >= 4 is 12.1 Å². The van der Waals surface area contributed by atoms with Crippen LogP contribution in [-0.2, 0) is 20.7 Å². The Bertz CT molecular complexity index is 534. The van der Waals surface area contributed by atoms with Crippen LogP contribution in [0.25, 0.3) is 0 Å². The second kappa shape index (κ2) is 8.36. The molecule has 0 radical (unpaired) electrons. The Morgan fingerprint density at radius 2 is 1.87 bits per heavy atom. The van der Waals surface area contributed by atoms with Crippen LogP contribution in [0.2, 0.25) is 0 Å². The van der Waals surface area contributed by atoms with E-state index >= 15 is 0 Å². The van der Waals surface area contributed by atoms with Gasteiger partial charge in [0.15, 0.2) is 0 Å². The lowest BCUT2D eigenvalue weighted by Crippen LogP contribution is -2.48. The van der Waals surface area contributed by atoms with Crippen molar-refractivity contribution in [3.63, 3.8) is 0 Å². The van der Waals surface area contributed by atoms with Crippen LogP contribution in [0, 0.1) is 0 Å². The number of amides is 1. The van der Waals surface area contributed by atoms with Gasteiger partial charge in [0.2, 0.25) is 0 Å². The molecule has 0 fully saturated rings. The second-order valence-corrected chi connectivity index (χ2v) is 6.15. The predicted octanol–water partition coefficient (Wildman–Crippen LogP) is 3.19. The number of hydrogen-bond donors (Lipinski definition) is 0. The molecule has 0 aliphatic heterocycles. The molecule has 1 aromatic rings. The van der Waals surface area contributed by atoms with E-state index in [1.807, 2.05) is 30.3 Å². The summed E-state index contributed by atoms with van der Waals surface area (Å²) in [5, 5.41) is 0. The lowest BCUT2D eigenvalue weighted by molar-refractivity contribution is -0.146. The summed E-state index contributed by atoms with van der Waals surface area (Å²) >= 11 is 0. The van der Waals surface area contributed by atoms with Gasteiger partial charge in [-0.1, -0.05) is 36.4 Å². The Kier molecular flexibility index (Phi) is 6.82. The Morgan fingerprint density at radius 1 is 1.26 bits per heavy atom. The predicted molar refractivity (Wildman–Crippen MR) is 89.1 cm³/mol. The molecular formula is C18H25NO4. The number of rotatable bonds is 6. The quantitative estimate of drug-likeness (QED) is 0.597. The van der Waals surface area contributed by atoms with Crippen LogP contribution in [0.15, 0.2) is 43.0 Å². The molecule has 0 heterocycles. The molecule has 0 aliphatic rings. The molecule has 0 saturated carbocycles. The molecule has 0 spiro atoms. The lowest BCUT2D eigenvalue weighted by Gasteiger charge is -2.31. The van der Waals surface area contributed by atoms with E-state index in [0.717, 1.165) is 5.56 Å². The first-order valence-corrected chi connectivity index (χ1v) is 7.50. The van der Waals surface area contributed by atoms with Gasteiger partial charge in [0.1, 0.15) is 11.6 Å². The zero-order chi connectivity index (χ0) is 17.5. The van der Waals surface area contributed by atoms with Crippen molar-refractivity contribution in [3.8, 4) is 0 Å². The molecular weight excluding hydrogens is 294 g/mol. The highest BCUT2D eigenvalue weighted by Crippen LogP contribution is 2.16. The number of hydrogen-bond acceptors (Lipinski definition) is 4. The smallest absolute Gasteiger partial charge is 0.411 e. The van der Waals surface area contributed by atoms with E-state index < -0.39 is 23.7 Å². The monoisotopic (exact) mass is 319 g/mol. The fraction of sp³-hybridized carbons (Fsp3) is 0.444. The van der Waals surface area contributed by atoms with Crippen molar-refractivity contribution in [3.05, 3.63) is 48.6 Å². The highest BCUT2D eigenvalue weighted by atomic mass is 16.6. The average molecular weight is 319 g/mol. The van der Waals surface area contributed by atoms with Gasteiger partial charge in [-0.15, -0.1) is 6.58 Å². The van der Waals surface area contributed by atoms with Gasteiger partial charge in [0.25, 0.3) is 0 Å². The lowest BCUT2D eigenvalue weighted by atomic mass is 10.0. The summed E-state index contributed by atoms with van der Waals surface area (Å²) in [7, 11) is 1.31. The Balaban J connectivity index is 3.05. The summed E-state index contributed by atoms with van der Waals surface area (Å²) in [6.45, 7) is 9.19. The summed E-state index contributed by atoms with van der Waals surface area (Å²) in [4.78, 5) is 26.0. The first-order chi connectivity index (χ1) is 10.8. The molecule has 1 atom stereocenters. The molecule has 1 aromatic carbocycles. The van der Waals surface area contributed by atoms with Gasteiger partial charge in [0, 0.05) is 13.0 Å². The molecule has 0 bridgehead atoms. The Morgan fingerprint density at radius 3 is 2.35 bits per heavy atom. The van der Waals surface area contributed by atoms with Gasteiger partial charge in [0.05, 0.1) is 7.11 Å². The molecule has 5 nitrogen and oxygen atoms in total. The fourth-order valence-corrected chi connectivity index (χ4v) is 2.08. The van der Waals surface area contributed by atoms with Gasteiger partial charge in [-0.2, -0.15) is 0 Å². The second-order valence-electron chi connectivity index (χ2n) is 6.15. The van der Waals surface area contributed by atoms with E-state index in [4.69, 9.17) is 9.47 Å². The number of methoxy groups -OCH3 is 1. The number of nitrogens with zero attached hydrogens (tertiary/aromatic N) is 1. The minimum absolute atomic E-state index is 0.196. The maximum Gasteiger partial charge on any atom is 0.411 e. The highest BCUT2D eigenvalue weighted by molar-refractivity contribution is 5.82. The number of ether oxygens (including phenoxy) is 2. The van der Waals surface area contributed by atoms with Gasteiger partial charge in [-0.25, -0.2) is 9.59 Å². The Labute approximate surface area is 137 Å². The van der Waals surface area contributed by atoms with Crippen molar-refractivity contribution in [2.45, 2.75) is 38.8 Å². The minimum Gasteiger partial charge on any atom is -0.467 e. The first-order valence-electron chi connectivity index (χ1n) is 7.50. The summed E-state index contributed by atoms with van der Waals surface area (Å²) in [6, 6.07) is 8.69. The Hall–Kier alpha value is -2.30. The van der Waals surface area contributed by atoms with Crippen molar-refractivity contribution in [1.82, 2.24) is 4.90 Å². The summed E-state index contributed by atoms with van der Waals surface area (Å²) in [5.41, 5.74) is 0.282. The van der Waals surface area contributed by atoms with Crippen LogP contribution in [0.5, 0.6) is 0 Å². The van der Waals surface area contributed by atoms with E-state index in [-0.39, 0.29) is 6.54 Å². The van der Waals surface area contributed by atoms with Crippen molar-refractivity contribution < 1.29 is 19.1 Å². The van der Waals surface area contributed by atoms with Crippen LogP contribution < -0.4 is 0 Å². The number of carbonyl (C=O) groups is 2. The third-order valence-electron chi connectivity index (χ3n) is 3.08. The molecule has 23 heavy (non-hydrogen) atoms. The number of carbonyl (C=O) groups excluding carboxylic acids is 2. The van der Waals surface area contributed by atoms with Crippen molar-refractivity contribution in [1.29, 1.82) is 0 Å². The zero-order valence-corrected chi connectivity index (χ0v) is 14.2. The highest BCUT2D eigenvalue weighted by Gasteiger charge is 2.33. The van der Waals surface area contributed by atoms with Crippen LogP contribution in [0.3, 0.4) is 0 Å². The first kappa shape index (κ1) is 18.7. The number of benzene rings is 1. The molecule has 1 unspecified atom stereocenters. The molecule has 5 heteroatoms. The molecule has 1 amide bonds. The third kappa shape index (κ3) is 6.14. The van der Waals surface area contributed by atoms with Gasteiger partial charge >= 0.3 is 12.1 Å². The van der Waals surface area contributed by atoms with Crippen molar-refractivity contribution in [2.24, 2.45) is 0 Å². The SMILES string of the molecule is C=CCN(C(=O)OC(C)(C)C)C(Cc1ccccc1)C(=O)OC. The normalized spacial score (nSPS) is 12.2. The molecule has 0 saturated heterocycles. The standard InChI is InChI=1S/C18H25NO4/c1-6-12-19(17(21)23-18(2,3)4)15(16(20)22-5)13-14-10-8-7-9-11-14/h6-11,15H,1,12-13H2,2-5H3. The van der Waals surface area contributed by atoms with Gasteiger partial charge in [-0.3, -0.25) is 4.90 Å². The topological polar surface area (TPSA) is 55.8 Å². The molecule has 1 rings (SSSR count). The minimum atomic E-state index is -0.768. The van der Waals surface area contributed by atoms with E-state index in [9.17, 15) is 9.59 Å². The van der Waals surface area contributed by atoms with E-state index in [1.165, 1.54) is 12.0 Å². The van der Waals surface area contributed by atoms with Crippen molar-refractivity contribution in [2.75, 3.05) is 13.7 Å². The van der Waals surface area contributed by atoms with Gasteiger partial charge in [-0.05, 0) is 26.3 Å². The van der Waals surface area contributed by atoms with Crippen LogP contribution in [0.1, 0.15) is 26.3 Å². The molecule has 126 valence electrons. The number of esters is 1. The molecule has 0 aromatic heterocycles. The van der Waals surface area contributed by atoms with Crippen LogP contribution >= 0.6 is 0 Å². The molecule has 0 N–H and O–H groups in total. The molecule has 0 aliphatic carbocycles. The largest absolute Gasteiger partial charge is 0.467 e. The summed E-state index contributed by atoms with van der Waals surface area (Å²) in [6.07, 6.45) is 1.34.